The van der Waals surface area contributed by atoms with Crippen molar-refractivity contribution in [2.45, 2.75) is 0 Å². The third kappa shape index (κ3) is 3.08. The van der Waals surface area contributed by atoms with E-state index < -0.39 is 0 Å². The van der Waals surface area contributed by atoms with Crippen molar-refractivity contribution in [1.29, 1.82) is 0 Å². The van der Waals surface area contributed by atoms with E-state index in [0.29, 0.717) is 11.5 Å². The largest absolute Gasteiger partial charge is 0.495 e. The fourth-order valence-electron chi connectivity index (χ4n) is 3.37. The average Bonchev–Trinajstić information content (AvgIpc) is 3.44. The van der Waals surface area contributed by atoms with Crippen molar-refractivity contribution >= 4 is 22.5 Å². The number of nitrogens with zero attached hydrogens (tertiary/aromatic N) is 3. The van der Waals surface area contributed by atoms with Gasteiger partial charge in [0, 0.05) is 6.20 Å². The molecule has 3 heterocycles. The maximum atomic E-state index is 5.57. The highest BCUT2D eigenvalue weighted by atomic mass is 16.5. The molecule has 0 radical (unpaired) electrons. The Bertz CT molecular complexity index is 1260. The minimum atomic E-state index is 0.588. The summed E-state index contributed by atoms with van der Waals surface area (Å²) in [5, 5.41) is 11.6. The van der Waals surface area contributed by atoms with E-state index in [0.717, 1.165) is 39.3 Å². The lowest BCUT2D eigenvalue weighted by Crippen LogP contribution is -1.99. The first-order chi connectivity index (χ1) is 14.3. The molecule has 7 heteroatoms. The van der Waals surface area contributed by atoms with Crippen LogP contribution >= 0.6 is 0 Å². The molecule has 142 valence electrons. The van der Waals surface area contributed by atoms with Crippen LogP contribution in [0.25, 0.3) is 33.5 Å². The third-order valence-corrected chi connectivity index (χ3v) is 4.78. The summed E-state index contributed by atoms with van der Waals surface area (Å²) >= 11 is 0. The van der Waals surface area contributed by atoms with Crippen LogP contribution in [0.4, 0.5) is 11.5 Å². The second-order valence-corrected chi connectivity index (χ2v) is 6.51. The van der Waals surface area contributed by atoms with Crippen LogP contribution in [0.3, 0.4) is 0 Å². The van der Waals surface area contributed by atoms with Gasteiger partial charge in [0.2, 0.25) is 0 Å². The number of ether oxygens (including phenoxy) is 1. The molecule has 3 N–H and O–H groups in total. The molecule has 0 unspecified atom stereocenters. The normalized spacial score (nSPS) is 10.9. The molecule has 0 aliphatic carbocycles. The number of benzene rings is 2. The zero-order chi connectivity index (χ0) is 19.6. The van der Waals surface area contributed by atoms with Crippen molar-refractivity contribution in [3.05, 3.63) is 73.2 Å². The van der Waals surface area contributed by atoms with E-state index in [-0.39, 0.29) is 0 Å². The Kier molecular flexibility index (Phi) is 4.18. The molecule has 3 aromatic heterocycles. The number of nitrogens with one attached hydrogen (secondary N) is 3. The van der Waals surface area contributed by atoms with Crippen LogP contribution < -0.4 is 10.1 Å². The van der Waals surface area contributed by atoms with Gasteiger partial charge in [0.05, 0.1) is 29.6 Å². The summed E-state index contributed by atoms with van der Waals surface area (Å²) in [5.74, 6) is 1.37. The molecule has 0 fully saturated rings. The third-order valence-electron chi connectivity index (χ3n) is 4.78. The highest BCUT2D eigenvalue weighted by Gasteiger charge is 2.16. The summed E-state index contributed by atoms with van der Waals surface area (Å²) in [6.07, 6.45) is 3.36. The zero-order valence-corrected chi connectivity index (χ0v) is 15.7. The fourth-order valence-corrected chi connectivity index (χ4v) is 3.37. The first-order valence-electron chi connectivity index (χ1n) is 9.17. The van der Waals surface area contributed by atoms with Crippen molar-refractivity contribution in [2.75, 3.05) is 12.4 Å². The smallest absolute Gasteiger partial charge is 0.186 e. The molecule has 0 saturated carbocycles. The first-order valence-corrected chi connectivity index (χ1v) is 9.17. The van der Waals surface area contributed by atoms with Crippen molar-refractivity contribution in [3.63, 3.8) is 0 Å². The van der Waals surface area contributed by atoms with Gasteiger partial charge in [-0.2, -0.15) is 5.10 Å². The average molecular weight is 382 g/mol. The van der Waals surface area contributed by atoms with Crippen LogP contribution in [-0.2, 0) is 0 Å². The molecular weight excluding hydrogens is 364 g/mol. The number of hydrogen-bond donors (Lipinski definition) is 3. The van der Waals surface area contributed by atoms with Gasteiger partial charge < -0.3 is 15.0 Å². The van der Waals surface area contributed by atoms with E-state index in [1.165, 1.54) is 6.33 Å². The van der Waals surface area contributed by atoms with Gasteiger partial charge in [0.1, 0.15) is 17.9 Å². The van der Waals surface area contributed by atoms with E-state index in [9.17, 15) is 0 Å². The molecular formula is C22H18N6O. The van der Waals surface area contributed by atoms with Gasteiger partial charge >= 0.3 is 0 Å². The number of fused-ring (bicyclic) bond motifs is 1. The molecule has 0 aliphatic rings. The monoisotopic (exact) mass is 382 g/mol. The van der Waals surface area contributed by atoms with E-state index in [4.69, 9.17) is 4.74 Å². The predicted octanol–water partition coefficient (Wildman–Crippen LogP) is 4.77. The number of aromatic nitrogens is 5. The molecule has 29 heavy (non-hydrogen) atoms. The van der Waals surface area contributed by atoms with Gasteiger partial charge in [-0.1, -0.05) is 36.4 Å². The van der Waals surface area contributed by atoms with Crippen LogP contribution in [0.1, 0.15) is 0 Å². The number of anilines is 2. The summed E-state index contributed by atoms with van der Waals surface area (Å²) in [4.78, 5) is 12.0. The molecule has 5 aromatic rings. The fraction of sp³-hybridized carbons (Fsp3) is 0.0455. The molecule has 5 rings (SSSR count). The molecule has 0 saturated heterocycles. The van der Waals surface area contributed by atoms with Crippen LogP contribution in [0, 0.1) is 0 Å². The van der Waals surface area contributed by atoms with Gasteiger partial charge in [-0.3, -0.25) is 5.10 Å². The Morgan fingerprint density at radius 1 is 0.931 bits per heavy atom. The van der Waals surface area contributed by atoms with E-state index in [1.807, 2.05) is 48.7 Å². The van der Waals surface area contributed by atoms with Crippen molar-refractivity contribution in [1.82, 2.24) is 25.1 Å². The van der Waals surface area contributed by atoms with Crippen LogP contribution in [-0.4, -0.2) is 32.3 Å². The summed E-state index contributed by atoms with van der Waals surface area (Å²) in [6, 6.07) is 20.2. The van der Waals surface area contributed by atoms with E-state index in [1.54, 1.807) is 7.11 Å². The minimum Gasteiger partial charge on any atom is -0.495 e. The summed E-state index contributed by atoms with van der Waals surface area (Å²) < 4.78 is 5.57. The van der Waals surface area contributed by atoms with Crippen LogP contribution in [0.5, 0.6) is 5.75 Å². The second-order valence-electron chi connectivity index (χ2n) is 6.51. The van der Waals surface area contributed by atoms with Crippen LogP contribution in [0.15, 0.2) is 73.2 Å². The Labute approximate surface area is 166 Å². The maximum absolute atomic E-state index is 5.57. The minimum absolute atomic E-state index is 0.588. The van der Waals surface area contributed by atoms with Gasteiger partial charge in [-0.25, -0.2) is 9.97 Å². The summed E-state index contributed by atoms with van der Waals surface area (Å²) in [7, 11) is 1.65. The lowest BCUT2D eigenvalue weighted by atomic mass is 10.0. The van der Waals surface area contributed by atoms with E-state index >= 15 is 0 Å². The Balaban J connectivity index is 1.62. The lowest BCUT2D eigenvalue weighted by molar-refractivity contribution is 0.417. The molecule has 0 bridgehead atoms. The molecule has 0 amide bonds. The Hall–Kier alpha value is -4.13. The topological polar surface area (TPSA) is 91.5 Å². The van der Waals surface area contributed by atoms with Gasteiger partial charge in [-0.15, -0.1) is 0 Å². The van der Waals surface area contributed by atoms with Crippen molar-refractivity contribution in [2.24, 2.45) is 0 Å². The molecule has 0 atom stereocenters. The number of H-pyrrole nitrogens is 2. The van der Waals surface area contributed by atoms with Crippen molar-refractivity contribution in [3.8, 4) is 28.3 Å². The molecule has 7 nitrogen and oxygen atoms in total. The predicted molar refractivity (Wildman–Crippen MR) is 113 cm³/mol. The molecule has 0 aliphatic heterocycles. The molecule has 2 aromatic carbocycles. The highest BCUT2D eigenvalue weighted by Crippen LogP contribution is 2.35. The van der Waals surface area contributed by atoms with E-state index in [2.05, 4.69) is 48.7 Å². The van der Waals surface area contributed by atoms with Gasteiger partial charge in [-0.05, 0) is 35.4 Å². The van der Waals surface area contributed by atoms with Gasteiger partial charge in [0.25, 0.3) is 0 Å². The number of aromatic amines is 2. The molecule has 0 spiro atoms. The van der Waals surface area contributed by atoms with Gasteiger partial charge in [0.15, 0.2) is 5.65 Å². The lowest BCUT2D eigenvalue weighted by Gasteiger charge is -2.13. The number of methoxy groups -OCH3 is 1. The summed E-state index contributed by atoms with van der Waals surface area (Å²) in [6.45, 7) is 0. The summed E-state index contributed by atoms with van der Waals surface area (Å²) in [5.41, 5.74) is 5.34. The Morgan fingerprint density at radius 2 is 1.83 bits per heavy atom. The highest BCUT2D eigenvalue weighted by molar-refractivity contribution is 5.99. The van der Waals surface area contributed by atoms with Crippen molar-refractivity contribution < 1.29 is 4.74 Å². The number of hydrogen-bond acceptors (Lipinski definition) is 5. The Morgan fingerprint density at radius 3 is 2.62 bits per heavy atom. The van der Waals surface area contributed by atoms with Crippen LogP contribution in [0.2, 0.25) is 0 Å². The number of rotatable bonds is 5. The quantitative estimate of drug-likeness (QED) is 0.407. The standard InChI is InChI=1S/C22H18N6O/c1-29-18-10-9-15(14-6-3-2-4-7-14)12-17(18)26-21-19-20(16-8-5-11-23-16)27-28-22(19)25-13-24-21/h2-13,23H,1H3,(H2,24,25,26,27,28). The first kappa shape index (κ1) is 17.0. The zero-order valence-electron chi connectivity index (χ0n) is 15.7. The SMILES string of the molecule is COc1ccc(-c2ccccc2)cc1Nc1ncnc2n[nH]c(-c3ccc[nH]3)c12. The maximum Gasteiger partial charge on any atom is 0.186 e. The second kappa shape index (κ2) is 7.12.